The maximum absolute atomic E-state index is 13.3. The van der Waals surface area contributed by atoms with Crippen molar-refractivity contribution in [3.63, 3.8) is 0 Å². The van der Waals surface area contributed by atoms with Crippen LogP contribution in [0.4, 0.5) is 24.5 Å². The zero-order valence-corrected chi connectivity index (χ0v) is 15.8. The SMILES string of the molecule is Cc1ccc(N(I)c2cccc3c2oc2c(C(F)(F)F)cccc23)cc1. The highest BCUT2D eigenvalue weighted by Gasteiger charge is 2.34. The molecule has 0 radical (unpaired) electrons. The van der Waals surface area contributed by atoms with Crippen molar-refractivity contribution in [1.82, 2.24) is 0 Å². The van der Waals surface area contributed by atoms with Gasteiger partial charge in [-0.25, -0.2) is 0 Å². The third-order valence-electron chi connectivity index (χ3n) is 4.28. The van der Waals surface area contributed by atoms with Crippen molar-refractivity contribution in [1.29, 1.82) is 0 Å². The number of para-hydroxylation sites is 2. The van der Waals surface area contributed by atoms with E-state index in [1.807, 2.05) is 46.4 Å². The van der Waals surface area contributed by atoms with Crippen LogP contribution in [0.25, 0.3) is 21.9 Å². The molecule has 0 unspecified atom stereocenters. The standard InChI is InChI=1S/C20H13F3INO/c1-12-8-10-13(11-9-12)25(24)17-7-3-5-15-14-4-2-6-16(20(21,22)23)18(14)26-19(15)17/h2-11H,1H3. The van der Waals surface area contributed by atoms with Crippen molar-refractivity contribution in [3.05, 3.63) is 71.8 Å². The van der Waals surface area contributed by atoms with Crippen LogP contribution in [0.3, 0.4) is 0 Å². The summed E-state index contributed by atoms with van der Waals surface area (Å²) in [5, 5.41) is 1.13. The van der Waals surface area contributed by atoms with E-state index in [-0.39, 0.29) is 5.58 Å². The van der Waals surface area contributed by atoms with Crippen LogP contribution in [0, 0.1) is 6.92 Å². The lowest BCUT2D eigenvalue weighted by Gasteiger charge is -2.17. The molecule has 132 valence electrons. The number of fused-ring (bicyclic) bond motifs is 3. The summed E-state index contributed by atoms with van der Waals surface area (Å²) in [6, 6.07) is 17.5. The summed E-state index contributed by atoms with van der Waals surface area (Å²) in [6.07, 6.45) is -4.46. The van der Waals surface area contributed by atoms with E-state index in [1.54, 1.807) is 12.1 Å². The molecule has 0 aliphatic heterocycles. The second kappa shape index (κ2) is 6.19. The van der Waals surface area contributed by atoms with Gasteiger partial charge in [-0.15, -0.1) is 0 Å². The van der Waals surface area contributed by atoms with Crippen LogP contribution in [-0.2, 0) is 6.18 Å². The summed E-state index contributed by atoms with van der Waals surface area (Å²) in [5.41, 5.74) is 2.31. The minimum atomic E-state index is -4.46. The maximum Gasteiger partial charge on any atom is 0.420 e. The van der Waals surface area contributed by atoms with Crippen LogP contribution in [0.2, 0.25) is 0 Å². The number of benzene rings is 3. The zero-order chi connectivity index (χ0) is 18.5. The van der Waals surface area contributed by atoms with Gasteiger partial charge in [-0.3, -0.25) is 3.11 Å². The Morgan fingerprint density at radius 2 is 1.46 bits per heavy atom. The molecule has 0 N–H and O–H groups in total. The van der Waals surface area contributed by atoms with Gasteiger partial charge in [0, 0.05) is 10.8 Å². The van der Waals surface area contributed by atoms with Gasteiger partial charge in [-0.05, 0) is 31.2 Å². The molecule has 1 heterocycles. The van der Waals surface area contributed by atoms with Crippen molar-refractivity contribution in [2.24, 2.45) is 0 Å². The molecule has 0 bridgehead atoms. The number of alkyl halides is 3. The first-order valence-corrected chi connectivity index (χ1v) is 8.87. The smallest absolute Gasteiger partial charge is 0.420 e. The van der Waals surface area contributed by atoms with E-state index in [9.17, 15) is 13.2 Å². The quantitative estimate of drug-likeness (QED) is 0.226. The van der Waals surface area contributed by atoms with E-state index in [0.29, 0.717) is 22.0 Å². The molecule has 4 aromatic rings. The van der Waals surface area contributed by atoms with Crippen molar-refractivity contribution < 1.29 is 17.6 Å². The van der Waals surface area contributed by atoms with Crippen LogP contribution in [-0.4, -0.2) is 0 Å². The number of hydrogen-bond acceptors (Lipinski definition) is 2. The van der Waals surface area contributed by atoms with Gasteiger partial charge in [0.1, 0.15) is 5.58 Å². The summed E-state index contributed by atoms with van der Waals surface area (Å²) in [5.74, 6) is 0. The van der Waals surface area contributed by atoms with E-state index in [2.05, 4.69) is 22.9 Å². The first-order valence-electron chi connectivity index (χ1n) is 7.90. The zero-order valence-electron chi connectivity index (χ0n) is 13.6. The molecule has 0 fully saturated rings. The molecule has 6 heteroatoms. The first kappa shape index (κ1) is 17.2. The Labute approximate surface area is 161 Å². The lowest BCUT2D eigenvalue weighted by molar-refractivity contribution is -0.136. The number of rotatable bonds is 2. The van der Waals surface area contributed by atoms with E-state index < -0.39 is 11.7 Å². The highest BCUT2D eigenvalue weighted by Crippen LogP contribution is 2.43. The van der Waals surface area contributed by atoms with Gasteiger partial charge < -0.3 is 4.42 Å². The number of hydrogen-bond donors (Lipinski definition) is 0. The lowest BCUT2D eigenvalue weighted by atomic mass is 10.1. The predicted octanol–water partition coefficient (Wildman–Crippen LogP) is 7.40. The number of anilines is 2. The Bertz CT molecular complexity index is 1100. The highest BCUT2D eigenvalue weighted by atomic mass is 127. The summed E-state index contributed by atoms with van der Waals surface area (Å²) in [6.45, 7) is 2.00. The van der Waals surface area contributed by atoms with Crippen LogP contribution in [0.1, 0.15) is 11.1 Å². The van der Waals surface area contributed by atoms with Crippen LogP contribution < -0.4 is 3.11 Å². The van der Waals surface area contributed by atoms with Crippen molar-refractivity contribution in [3.8, 4) is 0 Å². The summed E-state index contributed by atoms with van der Waals surface area (Å²) < 4.78 is 47.6. The molecule has 26 heavy (non-hydrogen) atoms. The van der Waals surface area contributed by atoms with Gasteiger partial charge in [0.05, 0.1) is 39.8 Å². The Morgan fingerprint density at radius 1 is 0.846 bits per heavy atom. The number of furan rings is 1. The largest absolute Gasteiger partial charge is 0.453 e. The minimum Gasteiger partial charge on any atom is -0.453 e. The molecule has 2 nitrogen and oxygen atoms in total. The Hall–Kier alpha value is -2.22. The van der Waals surface area contributed by atoms with E-state index >= 15 is 0 Å². The van der Waals surface area contributed by atoms with Crippen molar-refractivity contribution in [2.75, 3.05) is 3.11 Å². The predicted molar refractivity (Wildman–Crippen MR) is 106 cm³/mol. The molecule has 4 rings (SSSR count). The lowest BCUT2D eigenvalue weighted by Crippen LogP contribution is -2.04. The molecular weight excluding hydrogens is 454 g/mol. The highest BCUT2D eigenvalue weighted by molar-refractivity contribution is 14.1. The molecule has 0 amide bonds. The van der Waals surface area contributed by atoms with E-state index in [4.69, 9.17) is 4.42 Å². The Kier molecular flexibility index (Phi) is 4.10. The van der Waals surface area contributed by atoms with Gasteiger partial charge in [-0.2, -0.15) is 13.2 Å². The van der Waals surface area contributed by atoms with Gasteiger partial charge in [-0.1, -0.05) is 42.0 Å². The monoisotopic (exact) mass is 467 g/mol. The van der Waals surface area contributed by atoms with Gasteiger partial charge in [0.2, 0.25) is 0 Å². The van der Waals surface area contributed by atoms with Gasteiger partial charge in [0.15, 0.2) is 5.58 Å². The molecular formula is C20H13F3INO. The molecule has 0 saturated carbocycles. The van der Waals surface area contributed by atoms with Crippen molar-refractivity contribution in [2.45, 2.75) is 13.1 Å². The fourth-order valence-electron chi connectivity index (χ4n) is 3.00. The van der Waals surface area contributed by atoms with E-state index in [1.165, 1.54) is 6.07 Å². The average Bonchev–Trinajstić information content (AvgIpc) is 2.99. The molecule has 3 aromatic carbocycles. The Morgan fingerprint density at radius 3 is 2.12 bits per heavy atom. The minimum absolute atomic E-state index is 0.129. The van der Waals surface area contributed by atoms with Crippen LogP contribution in [0.15, 0.2) is 65.1 Å². The molecule has 0 saturated heterocycles. The molecule has 0 aliphatic rings. The topological polar surface area (TPSA) is 16.4 Å². The number of halogens is 4. The van der Waals surface area contributed by atoms with Gasteiger partial charge >= 0.3 is 6.18 Å². The third-order valence-corrected chi connectivity index (χ3v) is 5.36. The first-order chi connectivity index (χ1) is 12.4. The second-order valence-electron chi connectivity index (χ2n) is 6.05. The van der Waals surface area contributed by atoms with Crippen LogP contribution in [0.5, 0.6) is 0 Å². The van der Waals surface area contributed by atoms with Crippen molar-refractivity contribution >= 4 is 56.2 Å². The molecule has 1 aromatic heterocycles. The maximum atomic E-state index is 13.3. The molecule has 0 atom stereocenters. The van der Waals surface area contributed by atoms with Gasteiger partial charge in [0.25, 0.3) is 0 Å². The molecule has 0 spiro atoms. The summed E-state index contributed by atoms with van der Waals surface area (Å²) in [7, 11) is 0. The number of aryl methyl sites for hydroxylation is 1. The average molecular weight is 467 g/mol. The number of nitrogens with zero attached hydrogens (tertiary/aromatic N) is 1. The normalized spacial score (nSPS) is 12.0. The third kappa shape index (κ3) is 2.82. The fourth-order valence-corrected chi connectivity index (χ4v) is 3.70. The van der Waals surface area contributed by atoms with Crippen LogP contribution >= 0.6 is 22.9 Å². The second-order valence-corrected chi connectivity index (χ2v) is 7.02. The summed E-state index contributed by atoms with van der Waals surface area (Å²) in [4.78, 5) is 0. The van der Waals surface area contributed by atoms with E-state index in [0.717, 1.165) is 17.3 Å². The summed E-state index contributed by atoms with van der Waals surface area (Å²) >= 11 is 2.13. The molecule has 0 aliphatic carbocycles. The Balaban J connectivity index is 1.96. The fraction of sp³-hybridized carbons (Fsp3) is 0.100.